The number of urea groups is 1. The van der Waals surface area contributed by atoms with Crippen LogP contribution in [0.3, 0.4) is 0 Å². The maximum absolute atomic E-state index is 13.6. The number of hydrogen-bond acceptors (Lipinski definition) is 2. The molecule has 2 fully saturated rings. The highest BCUT2D eigenvalue weighted by molar-refractivity contribution is 5.89. The third kappa shape index (κ3) is 3.18. The van der Waals surface area contributed by atoms with Crippen LogP contribution in [0.4, 0.5) is 14.9 Å². The standard InChI is InChI=1S/C16H22FN3O/c17-13-5-1-2-6-14(13)19-15(21)20-10-4-8-16(12-20)7-3-9-18-11-16/h1-2,5-6,18H,3-4,7-12H2,(H,19,21). The van der Waals surface area contributed by atoms with Crippen molar-refractivity contribution in [3.8, 4) is 0 Å². The molecule has 0 saturated carbocycles. The van der Waals surface area contributed by atoms with Crippen LogP contribution >= 0.6 is 0 Å². The van der Waals surface area contributed by atoms with Gasteiger partial charge in [0, 0.05) is 25.0 Å². The fourth-order valence-corrected chi connectivity index (χ4v) is 3.52. The van der Waals surface area contributed by atoms with Gasteiger partial charge >= 0.3 is 6.03 Å². The average molecular weight is 291 g/mol. The van der Waals surface area contributed by atoms with E-state index in [2.05, 4.69) is 10.6 Å². The van der Waals surface area contributed by atoms with Crippen LogP contribution in [0.25, 0.3) is 0 Å². The molecule has 2 aliphatic heterocycles. The molecule has 1 aromatic carbocycles. The van der Waals surface area contributed by atoms with E-state index >= 15 is 0 Å². The van der Waals surface area contributed by atoms with E-state index in [4.69, 9.17) is 0 Å². The van der Waals surface area contributed by atoms with E-state index in [-0.39, 0.29) is 17.1 Å². The summed E-state index contributed by atoms with van der Waals surface area (Å²) in [5.41, 5.74) is 0.465. The first-order chi connectivity index (χ1) is 10.2. The van der Waals surface area contributed by atoms with Crippen molar-refractivity contribution in [2.24, 2.45) is 5.41 Å². The lowest BCUT2D eigenvalue weighted by Gasteiger charge is -2.45. The first-order valence-electron chi connectivity index (χ1n) is 7.70. The number of halogens is 1. The molecule has 5 heteroatoms. The Balaban J connectivity index is 1.66. The Morgan fingerprint density at radius 3 is 2.86 bits per heavy atom. The minimum Gasteiger partial charge on any atom is -0.324 e. The van der Waals surface area contributed by atoms with Crippen molar-refractivity contribution >= 4 is 11.7 Å². The molecule has 1 unspecified atom stereocenters. The van der Waals surface area contributed by atoms with E-state index in [1.165, 1.54) is 25.3 Å². The van der Waals surface area contributed by atoms with Crippen molar-refractivity contribution in [1.29, 1.82) is 0 Å². The second-order valence-corrected chi connectivity index (χ2v) is 6.22. The number of nitrogens with one attached hydrogen (secondary N) is 2. The van der Waals surface area contributed by atoms with Crippen molar-refractivity contribution in [2.75, 3.05) is 31.5 Å². The Hall–Kier alpha value is -1.62. The van der Waals surface area contributed by atoms with Crippen LogP contribution in [0.1, 0.15) is 25.7 Å². The van der Waals surface area contributed by atoms with Crippen LogP contribution in [0.5, 0.6) is 0 Å². The number of carbonyl (C=O) groups is 1. The number of para-hydroxylation sites is 1. The summed E-state index contributed by atoms with van der Waals surface area (Å²) in [5, 5.41) is 6.14. The van der Waals surface area contributed by atoms with Gasteiger partial charge in [0.1, 0.15) is 5.82 Å². The predicted molar refractivity (Wildman–Crippen MR) is 80.8 cm³/mol. The Bertz CT molecular complexity index is 508. The second-order valence-electron chi connectivity index (χ2n) is 6.22. The number of rotatable bonds is 1. The van der Waals surface area contributed by atoms with Crippen LogP contribution in [0.2, 0.25) is 0 Å². The zero-order chi connectivity index (χ0) is 14.7. The molecule has 4 nitrogen and oxygen atoms in total. The van der Waals surface area contributed by atoms with E-state index in [9.17, 15) is 9.18 Å². The maximum Gasteiger partial charge on any atom is 0.321 e. The highest BCUT2D eigenvalue weighted by Gasteiger charge is 2.38. The molecule has 0 aromatic heterocycles. The van der Waals surface area contributed by atoms with Crippen molar-refractivity contribution in [2.45, 2.75) is 25.7 Å². The number of anilines is 1. The quantitative estimate of drug-likeness (QED) is 0.835. The summed E-state index contributed by atoms with van der Waals surface area (Å²) in [4.78, 5) is 14.2. The molecule has 2 heterocycles. The van der Waals surface area contributed by atoms with Crippen molar-refractivity contribution < 1.29 is 9.18 Å². The summed E-state index contributed by atoms with van der Waals surface area (Å²) in [7, 11) is 0. The Morgan fingerprint density at radius 2 is 2.10 bits per heavy atom. The summed E-state index contributed by atoms with van der Waals surface area (Å²) >= 11 is 0. The second kappa shape index (κ2) is 6.02. The number of carbonyl (C=O) groups excluding carboxylic acids is 1. The van der Waals surface area contributed by atoms with Gasteiger partial charge in [0.15, 0.2) is 0 Å². The van der Waals surface area contributed by atoms with E-state index in [0.29, 0.717) is 0 Å². The van der Waals surface area contributed by atoms with Crippen LogP contribution in [0.15, 0.2) is 24.3 Å². The lowest BCUT2D eigenvalue weighted by molar-refractivity contribution is 0.0861. The van der Waals surface area contributed by atoms with Gasteiger partial charge in [0.25, 0.3) is 0 Å². The van der Waals surface area contributed by atoms with Gasteiger partial charge in [-0.1, -0.05) is 12.1 Å². The van der Waals surface area contributed by atoms with Gasteiger partial charge in [-0.05, 0) is 44.4 Å². The van der Waals surface area contributed by atoms with Gasteiger partial charge in [-0.25, -0.2) is 9.18 Å². The fraction of sp³-hybridized carbons (Fsp3) is 0.562. The van der Waals surface area contributed by atoms with Crippen LogP contribution in [-0.2, 0) is 0 Å². The van der Waals surface area contributed by atoms with E-state index in [0.717, 1.165) is 32.6 Å². The lowest BCUT2D eigenvalue weighted by Crippen LogP contribution is -2.53. The lowest BCUT2D eigenvalue weighted by atomic mass is 9.74. The van der Waals surface area contributed by atoms with Gasteiger partial charge in [-0.2, -0.15) is 0 Å². The molecular weight excluding hydrogens is 269 g/mol. The number of amides is 2. The molecule has 1 aromatic rings. The molecule has 2 amide bonds. The van der Waals surface area contributed by atoms with Crippen molar-refractivity contribution in [3.63, 3.8) is 0 Å². The highest BCUT2D eigenvalue weighted by atomic mass is 19.1. The Morgan fingerprint density at radius 1 is 1.29 bits per heavy atom. The zero-order valence-electron chi connectivity index (χ0n) is 12.2. The van der Waals surface area contributed by atoms with Gasteiger partial charge < -0.3 is 15.5 Å². The third-order valence-corrected chi connectivity index (χ3v) is 4.62. The maximum atomic E-state index is 13.6. The fourth-order valence-electron chi connectivity index (χ4n) is 3.52. The zero-order valence-corrected chi connectivity index (χ0v) is 12.2. The largest absolute Gasteiger partial charge is 0.324 e. The highest BCUT2D eigenvalue weighted by Crippen LogP contribution is 2.36. The number of nitrogens with zero attached hydrogens (tertiary/aromatic N) is 1. The molecule has 0 radical (unpaired) electrons. The molecule has 0 bridgehead atoms. The van der Waals surface area contributed by atoms with E-state index in [1.807, 2.05) is 4.90 Å². The van der Waals surface area contributed by atoms with Gasteiger partial charge in [-0.15, -0.1) is 0 Å². The third-order valence-electron chi connectivity index (χ3n) is 4.62. The van der Waals surface area contributed by atoms with Crippen molar-refractivity contribution in [1.82, 2.24) is 10.2 Å². The monoisotopic (exact) mass is 291 g/mol. The minimum atomic E-state index is -0.392. The molecular formula is C16H22FN3O. The summed E-state index contributed by atoms with van der Waals surface area (Å²) < 4.78 is 13.6. The molecule has 21 heavy (non-hydrogen) atoms. The summed E-state index contributed by atoms with van der Waals surface area (Å²) in [6.45, 7) is 3.57. The molecule has 3 rings (SSSR count). The smallest absolute Gasteiger partial charge is 0.321 e. The first-order valence-corrected chi connectivity index (χ1v) is 7.70. The Labute approximate surface area is 124 Å². The molecule has 2 saturated heterocycles. The van der Waals surface area contributed by atoms with Gasteiger partial charge in [0.2, 0.25) is 0 Å². The van der Waals surface area contributed by atoms with Gasteiger partial charge in [-0.3, -0.25) is 0 Å². The molecule has 114 valence electrons. The summed E-state index contributed by atoms with van der Waals surface area (Å²) in [6, 6.07) is 6.11. The molecule has 0 aliphatic carbocycles. The van der Waals surface area contributed by atoms with E-state index in [1.54, 1.807) is 18.2 Å². The number of benzene rings is 1. The molecule has 2 N–H and O–H groups in total. The van der Waals surface area contributed by atoms with Crippen LogP contribution < -0.4 is 10.6 Å². The van der Waals surface area contributed by atoms with E-state index < -0.39 is 5.82 Å². The normalized spacial score (nSPS) is 25.9. The number of likely N-dealkylation sites (tertiary alicyclic amines) is 1. The van der Waals surface area contributed by atoms with Crippen LogP contribution in [-0.4, -0.2) is 37.1 Å². The molecule has 1 spiro atoms. The number of hydrogen-bond donors (Lipinski definition) is 2. The predicted octanol–water partition coefficient (Wildman–Crippen LogP) is 2.82. The Kier molecular flexibility index (Phi) is 4.10. The summed E-state index contributed by atoms with van der Waals surface area (Å²) in [6.07, 6.45) is 4.53. The first kappa shape index (κ1) is 14.3. The summed E-state index contributed by atoms with van der Waals surface area (Å²) in [5.74, 6) is -0.392. The molecule has 1 atom stereocenters. The number of piperidine rings is 2. The van der Waals surface area contributed by atoms with Crippen LogP contribution in [0, 0.1) is 11.2 Å². The minimum absolute atomic E-state index is 0.190. The van der Waals surface area contributed by atoms with Crippen molar-refractivity contribution in [3.05, 3.63) is 30.1 Å². The average Bonchev–Trinajstić information content (AvgIpc) is 2.50. The topological polar surface area (TPSA) is 44.4 Å². The molecule has 2 aliphatic rings. The SMILES string of the molecule is O=C(Nc1ccccc1F)N1CCCC2(CCCNC2)C1. The van der Waals surface area contributed by atoms with Gasteiger partial charge in [0.05, 0.1) is 5.69 Å².